The van der Waals surface area contributed by atoms with E-state index in [4.69, 9.17) is 0 Å². The maximum absolute atomic E-state index is 12.6. The Labute approximate surface area is 142 Å². The summed E-state index contributed by atoms with van der Waals surface area (Å²) < 4.78 is 1.63. The molecule has 9 nitrogen and oxygen atoms in total. The minimum absolute atomic E-state index is 0.0551. The number of hydrogen-bond donors (Lipinski definition) is 0. The number of aryl methyl sites for hydroxylation is 2. The number of anilines is 1. The van der Waals surface area contributed by atoms with Gasteiger partial charge in [-0.3, -0.25) is 14.9 Å². The molecule has 1 aromatic carbocycles. The number of carbonyl (C=O) groups excluding carboxylic acids is 1. The highest BCUT2D eigenvalue weighted by Gasteiger charge is 2.24. The molecule has 0 bridgehead atoms. The lowest BCUT2D eigenvalue weighted by atomic mass is 10.0. The van der Waals surface area contributed by atoms with Crippen LogP contribution in [0.1, 0.15) is 18.9 Å². The summed E-state index contributed by atoms with van der Waals surface area (Å²) in [6, 6.07) is 4.65. The number of nitrogens with zero attached hydrogens (tertiary/aromatic N) is 6. The summed E-state index contributed by atoms with van der Waals surface area (Å²) in [4.78, 5) is 24.7. The van der Waals surface area contributed by atoms with Crippen LogP contribution in [0, 0.1) is 10.1 Å². The van der Waals surface area contributed by atoms with E-state index < -0.39 is 4.92 Å². The number of nitro groups is 1. The first-order chi connectivity index (χ1) is 11.6. The smallest absolute Gasteiger partial charge is 0.269 e. The number of rotatable bonds is 5. The number of carbonyl (C=O) groups is 1. The van der Waals surface area contributed by atoms with Gasteiger partial charge in [-0.25, -0.2) is 4.68 Å². The number of hydrogen-bond acceptors (Lipinski definition) is 7. The molecule has 0 aliphatic carbocycles. The van der Waals surface area contributed by atoms with Crippen molar-refractivity contribution in [2.24, 2.45) is 0 Å². The highest BCUT2D eigenvalue weighted by atomic mass is 32.2. The van der Waals surface area contributed by atoms with Gasteiger partial charge in [0.05, 0.1) is 10.7 Å². The van der Waals surface area contributed by atoms with Crippen molar-refractivity contribution in [2.45, 2.75) is 31.5 Å². The molecule has 10 heteroatoms. The molecule has 3 rings (SSSR count). The van der Waals surface area contributed by atoms with Crippen LogP contribution in [0.3, 0.4) is 0 Å². The third-order valence-electron chi connectivity index (χ3n) is 3.82. The second-order valence-electron chi connectivity index (χ2n) is 5.28. The van der Waals surface area contributed by atoms with Crippen molar-refractivity contribution in [2.75, 3.05) is 17.2 Å². The Balaban J connectivity index is 1.74. The fourth-order valence-corrected chi connectivity index (χ4v) is 3.48. The molecule has 0 saturated carbocycles. The molecular formula is C14H16N6O3S. The van der Waals surface area contributed by atoms with Crippen molar-refractivity contribution < 1.29 is 9.72 Å². The van der Waals surface area contributed by atoms with Crippen molar-refractivity contribution in [1.82, 2.24) is 20.2 Å². The van der Waals surface area contributed by atoms with E-state index in [-0.39, 0.29) is 17.3 Å². The summed E-state index contributed by atoms with van der Waals surface area (Å²) in [5.74, 6) is 0.164. The van der Waals surface area contributed by atoms with E-state index in [2.05, 4.69) is 15.5 Å². The molecule has 0 N–H and O–H groups in total. The van der Waals surface area contributed by atoms with E-state index in [1.165, 1.54) is 17.8 Å². The quantitative estimate of drug-likeness (QED) is 0.459. The number of thioether (sulfide) groups is 1. The summed E-state index contributed by atoms with van der Waals surface area (Å²) in [7, 11) is 0. The van der Waals surface area contributed by atoms with E-state index in [0.29, 0.717) is 18.2 Å². The number of benzene rings is 1. The van der Waals surface area contributed by atoms with Crippen LogP contribution in [0.15, 0.2) is 23.4 Å². The monoisotopic (exact) mass is 348 g/mol. The lowest BCUT2D eigenvalue weighted by Gasteiger charge is -2.29. The molecule has 1 aliphatic heterocycles. The fraction of sp³-hybridized carbons (Fsp3) is 0.429. The molecule has 0 unspecified atom stereocenters. The van der Waals surface area contributed by atoms with E-state index in [9.17, 15) is 14.9 Å². The van der Waals surface area contributed by atoms with Crippen molar-refractivity contribution in [3.05, 3.63) is 33.9 Å². The van der Waals surface area contributed by atoms with Crippen LogP contribution in [0.2, 0.25) is 0 Å². The highest BCUT2D eigenvalue weighted by Crippen LogP contribution is 2.31. The number of non-ortho nitro benzene ring substituents is 1. The van der Waals surface area contributed by atoms with E-state index in [1.54, 1.807) is 21.7 Å². The second-order valence-corrected chi connectivity index (χ2v) is 6.23. The van der Waals surface area contributed by atoms with Gasteiger partial charge in [0.1, 0.15) is 0 Å². The van der Waals surface area contributed by atoms with Gasteiger partial charge < -0.3 is 4.90 Å². The first-order valence-corrected chi connectivity index (χ1v) is 8.55. The van der Waals surface area contributed by atoms with E-state index >= 15 is 0 Å². The van der Waals surface area contributed by atoms with Gasteiger partial charge >= 0.3 is 0 Å². The Morgan fingerprint density at radius 3 is 3.04 bits per heavy atom. The maximum Gasteiger partial charge on any atom is 0.269 e. The third-order valence-corrected chi connectivity index (χ3v) is 4.76. The predicted molar refractivity (Wildman–Crippen MR) is 88.0 cm³/mol. The summed E-state index contributed by atoms with van der Waals surface area (Å²) >= 11 is 1.29. The molecule has 2 heterocycles. The Morgan fingerprint density at radius 1 is 1.46 bits per heavy atom. The SMILES string of the molecule is CCn1nnnc1SCC(=O)N1CCCc2cc([N+](=O)[O-])ccc21. The van der Waals surface area contributed by atoms with Crippen LogP contribution in [0.5, 0.6) is 0 Å². The van der Waals surface area contributed by atoms with Gasteiger partial charge in [0.15, 0.2) is 0 Å². The van der Waals surface area contributed by atoms with Gasteiger partial charge in [0.25, 0.3) is 5.69 Å². The molecule has 2 aromatic rings. The molecule has 0 fully saturated rings. The zero-order chi connectivity index (χ0) is 17.1. The minimum atomic E-state index is -0.415. The number of amides is 1. The lowest BCUT2D eigenvalue weighted by Crippen LogP contribution is -2.36. The van der Waals surface area contributed by atoms with Gasteiger partial charge in [-0.2, -0.15) is 0 Å². The van der Waals surface area contributed by atoms with Crippen LogP contribution in [-0.4, -0.2) is 43.3 Å². The number of nitro benzene ring substituents is 1. The number of fused-ring (bicyclic) bond motifs is 1. The van der Waals surface area contributed by atoms with Crippen molar-refractivity contribution >= 4 is 29.0 Å². The molecule has 1 amide bonds. The molecule has 0 atom stereocenters. The molecule has 0 saturated heterocycles. The van der Waals surface area contributed by atoms with Crippen LogP contribution >= 0.6 is 11.8 Å². The van der Waals surface area contributed by atoms with Crippen molar-refractivity contribution in [3.63, 3.8) is 0 Å². The fourth-order valence-electron chi connectivity index (χ4n) is 2.66. The molecular weight excluding hydrogens is 332 g/mol. The van der Waals surface area contributed by atoms with Gasteiger partial charge in [-0.1, -0.05) is 11.8 Å². The minimum Gasteiger partial charge on any atom is -0.311 e. The average Bonchev–Trinajstić information content (AvgIpc) is 3.06. The largest absolute Gasteiger partial charge is 0.311 e. The van der Waals surface area contributed by atoms with Crippen molar-refractivity contribution in [1.29, 1.82) is 0 Å². The predicted octanol–water partition coefficient (Wildman–Crippen LogP) is 1.67. The summed E-state index contributed by atoms with van der Waals surface area (Å²) in [6.07, 6.45) is 1.53. The standard InChI is InChI=1S/C14H16N6O3S/c1-2-19-14(15-16-17-19)24-9-13(21)18-7-3-4-10-8-11(20(22)23)5-6-12(10)18/h5-6,8H,2-4,7,9H2,1H3. The molecule has 1 aromatic heterocycles. The number of tetrazole rings is 1. The van der Waals surface area contributed by atoms with Crippen LogP contribution in [0.4, 0.5) is 11.4 Å². The second kappa shape index (κ2) is 6.95. The van der Waals surface area contributed by atoms with E-state index in [0.717, 1.165) is 24.1 Å². The molecule has 24 heavy (non-hydrogen) atoms. The maximum atomic E-state index is 12.6. The normalized spacial score (nSPS) is 13.6. The third kappa shape index (κ3) is 3.23. The van der Waals surface area contributed by atoms with Crippen LogP contribution in [-0.2, 0) is 17.8 Å². The summed E-state index contributed by atoms with van der Waals surface area (Å²) in [5, 5.41) is 22.8. The van der Waals surface area contributed by atoms with Crippen LogP contribution < -0.4 is 4.90 Å². The molecule has 0 spiro atoms. The first-order valence-electron chi connectivity index (χ1n) is 7.56. The Bertz CT molecular complexity index is 778. The average molecular weight is 348 g/mol. The zero-order valence-corrected chi connectivity index (χ0v) is 13.9. The summed E-state index contributed by atoms with van der Waals surface area (Å²) in [5.41, 5.74) is 1.65. The highest BCUT2D eigenvalue weighted by molar-refractivity contribution is 7.99. The molecule has 1 aliphatic rings. The van der Waals surface area contributed by atoms with E-state index in [1.807, 2.05) is 6.92 Å². The lowest BCUT2D eigenvalue weighted by molar-refractivity contribution is -0.384. The van der Waals surface area contributed by atoms with Crippen molar-refractivity contribution in [3.8, 4) is 0 Å². The Kier molecular flexibility index (Phi) is 4.74. The Morgan fingerprint density at radius 2 is 2.29 bits per heavy atom. The molecule has 126 valence electrons. The van der Waals surface area contributed by atoms with Crippen LogP contribution in [0.25, 0.3) is 0 Å². The van der Waals surface area contributed by atoms with Gasteiger partial charge in [0.2, 0.25) is 11.1 Å². The molecule has 0 radical (unpaired) electrons. The zero-order valence-electron chi connectivity index (χ0n) is 13.1. The number of aromatic nitrogens is 4. The first kappa shape index (κ1) is 16.4. The van der Waals surface area contributed by atoms with Gasteiger partial charge in [-0.15, -0.1) is 5.10 Å². The Hall–Kier alpha value is -2.49. The summed E-state index contributed by atoms with van der Waals surface area (Å²) in [6.45, 7) is 3.18. The van der Waals surface area contributed by atoms with Gasteiger partial charge in [0, 0.05) is 30.9 Å². The van der Waals surface area contributed by atoms with Gasteiger partial charge in [-0.05, 0) is 41.8 Å². The topological polar surface area (TPSA) is 107 Å².